The Hall–Kier alpha value is -1.84. The fourth-order valence-corrected chi connectivity index (χ4v) is 2.11. The molecule has 90 valence electrons. The first-order valence-corrected chi connectivity index (χ1v) is 5.66. The minimum Gasteiger partial charge on any atom is -0.508 e. The molecule has 4 heteroatoms. The Morgan fingerprint density at radius 2 is 2.29 bits per heavy atom. The third-order valence-corrected chi connectivity index (χ3v) is 2.94. The van der Waals surface area contributed by atoms with E-state index in [0.29, 0.717) is 18.4 Å². The van der Waals surface area contributed by atoms with Gasteiger partial charge in [-0.25, -0.2) is 0 Å². The van der Waals surface area contributed by atoms with Crippen molar-refractivity contribution in [3.63, 3.8) is 0 Å². The van der Waals surface area contributed by atoms with Crippen LogP contribution in [0, 0.1) is 5.92 Å². The molecule has 1 aromatic rings. The van der Waals surface area contributed by atoms with Gasteiger partial charge in [0.05, 0.1) is 6.61 Å². The van der Waals surface area contributed by atoms with Crippen LogP contribution in [0.4, 0.5) is 0 Å². The summed E-state index contributed by atoms with van der Waals surface area (Å²) in [5.74, 6) is -1.20. The Morgan fingerprint density at radius 1 is 1.53 bits per heavy atom. The SMILES string of the molecule is CCOC(=O)C1CCc2cc(O)ccc2C1=O. The van der Waals surface area contributed by atoms with E-state index in [2.05, 4.69) is 0 Å². The Labute approximate surface area is 99.2 Å². The summed E-state index contributed by atoms with van der Waals surface area (Å²) in [6.45, 7) is 2.00. The van der Waals surface area contributed by atoms with E-state index in [1.54, 1.807) is 19.1 Å². The lowest BCUT2D eigenvalue weighted by Crippen LogP contribution is -2.30. The Morgan fingerprint density at radius 3 is 3.00 bits per heavy atom. The van der Waals surface area contributed by atoms with Crippen molar-refractivity contribution in [1.82, 2.24) is 0 Å². The van der Waals surface area contributed by atoms with Crippen LogP contribution in [0.3, 0.4) is 0 Å². The molecule has 2 rings (SSSR count). The minimum atomic E-state index is -0.688. The number of fused-ring (bicyclic) bond motifs is 1. The van der Waals surface area contributed by atoms with Gasteiger partial charge in [-0.3, -0.25) is 9.59 Å². The smallest absolute Gasteiger partial charge is 0.316 e. The van der Waals surface area contributed by atoms with Crippen molar-refractivity contribution >= 4 is 11.8 Å². The number of rotatable bonds is 2. The fourth-order valence-electron chi connectivity index (χ4n) is 2.11. The van der Waals surface area contributed by atoms with E-state index in [4.69, 9.17) is 4.74 Å². The van der Waals surface area contributed by atoms with Crippen molar-refractivity contribution in [2.75, 3.05) is 6.61 Å². The summed E-state index contributed by atoms with van der Waals surface area (Å²) in [7, 11) is 0. The zero-order valence-corrected chi connectivity index (χ0v) is 9.60. The molecule has 0 radical (unpaired) electrons. The van der Waals surface area contributed by atoms with Crippen LogP contribution in [-0.4, -0.2) is 23.5 Å². The van der Waals surface area contributed by atoms with Crippen molar-refractivity contribution in [3.05, 3.63) is 29.3 Å². The molecule has 0 amide bonds. The first-order valence-electron chi connectivity index (χ1n) is 5.66. The monoisotopic (exact) mass is 234 g/mol. The number of hydrogen-bond donors (Lipinski definition) is 1. The van der Waals surface area contributed by atoms with Crippen molar-refractivity contribution in [2.45, 2.75) is 19.8 Å². The molecular weight excluding hydrogens is 220 g/mol. The standard InChI is InChI=1S/C13H14O4/c1-2-17-13(16)11-5-3-8-7-9(14)4-6-10(8)12(11)15/h4,6-7,11,14H,2-3,5H2,1H3. The largest absolute Gasteiger partial charge is 0.508 e. The van der Waals surface area contributed by atoms with Gasteiger partial charge in [0.15, 0.2) is 5.78 Å². The molecular formula is C13H14O4. The van der Waals surface area contributed by atoms with Crippen LogP contribution in [0.15, 0.2) is 18.2 Å². The van der Waals surface area contributed by atoms with Crippen molar-refractivity contribution < 1.29 is 19.4 Å². The van der Waals surface area contributed by atoms with Crippen molar-refractivity contribution in [3.8, 4) is 5.75 Å². The van der Waals surface area contributed by atoms with Gasteiger partial charge in [0.2, 0.25) is 0 Å². The normalized spacial score (nSPS) is 18.6. The third-order valence-electron chi connectivity index (χ3n) is 2.94. The van der Waals surface area contributed by atoms with E-state index in [9.17, 15) is 14.7 Å². The number of benzene rings is 1. The molecule has 1 N–H and O–H groups in total. The molecule has 0 aromatic heterocycles. The van der Waals surface area contributed by atoms with Gasteiger partial charge >= 0.3 is 5.97 Å². The second-order valence-electron chi connectivity index (χ2n) is 4.05. The first-order chi connectivity index (χ1) is 8.13. The summed E-state index contributed by atoms with van der Waals surface area (Å²) in [4.78, 5) is 23.7. The number of carbonyl (C=O) groups excluding carboxylic acids is 2. The van der Waals surface area contributed by atoms with Crippen LogP contribution in [0.2, 0.25) is 0 Å². The number of aryl methyl sites for hydroxylation is 1. The third kappa shape index (κ3) is 2.16. The van der Waals surface area contributed by atoms with Crippen LogP contribution >= 0.6 is 0 Å². The zero-order chi connectivity index (χ0) is 12.4. The summed E-state index contributed by atoms with van der Waals surface area (Å²) in [6.07, 6.45) is 1.06. The van der Waals surface area contributed by atoms with Gasteiger partial charge in [-0.2, -0.15) is 0 Å². The molecule has 1 aliphatic rings. The molecule has 0 bridgehead atoms. The quantitative estimate of drug-likeness (QED) is 0.625. The molecule has 4 nitrogen and oxygen atoms in total. The van der Waals surface area contributed by atoms with Crippen molar-refractivity contribution in [1.29, 1.82) is 0 Å². The Balaban J connectivity index is 2.27. The lowest BCUT2D eigenvalue weighted by molar-refractivity contribution is -0.146. The summed E-state index contributed by atoms with van der Waals surface area (Å²) < 4.78 is 4.88. The lowest BCUT2D eigenvalue weighted by atomic mass is 9.82. The number of hydrogen-bond acceptors (Lipinski definition) is 4. The van der Waals surface area contributed by atoms with Gasteiger partial charge in [-0.15, -0.1) is 0 Å². The van der Waals surface area contributed by atoms with E-state index >= 15 is 0 Å². The predicted molar refractivity (Wildman–Crippen MR) is 60.9 cm³/mol. The molecule has 0 aliphatic heterocycles. The van der Waals surface area contributed by atoms with Crippen LogP contribution < -0.4 is 0 Å². The number of phenolic OH excluding ortho intramolecular Hbond substituents is 1. The highest BCUT2D eigenvalue weighted by Gasteiger charge is 2.33. The average Bonchev–Trinajstić information content (AvgIpc) is 2.29. The maximum absolute atomic E-state index is 12.1. The van der Waals surface area contributed by atoms with E-state index in [1.165, 1.54) is 6.07 Å². The Kier molecular flexibility index (Phi) is 3.13. The fraction of sp³-hybridized carbons (Fsp3) is 0.385. The number of aromatic hydroxyl groups is 1. The van der Waals surface area contributed by atoms with Crippen LogP contribution in [-0.2, 0) is 16.0 Å². The van der Waals surface area contributed by atoms with Gasteiger partial charge in [-0.1, -0.05) is 0 Å². The molecule has 0 saturated carbocycles. The zero-order valence-electron chi connectivity index (χ0n) is 9.60. The van der Waals surface area contributed by atoms with Gasteiger partial charge in [0.25, 0.3) is 0 Å². The summed E-state index contributed by atoms with van der Waals surface area (Å²) in [5, 5.41) is 9.33. The highest BCUT2D eigenvalue weighted by Crippen LogP contribution is 2.28. The molecule has 0 fully saturated rings. The molecule has 0 heterocycles. The summed E-state index contributed by atoms with van der Waals surface area (Å²) >= 11 is 0. The highest BCUT2D eigenvalue weighted by atomic mass is 16.5. The number of ether oxygens (including phenoxy) is 1. The van der Waals surface area contributed by atoms with Crippen LogP contribution in [0.25, 0.3) is 0 Å². The highest BCUT2D eigenvalue weighted by molar-refractivity contribution is 6.10. The molecule has 0 spiro atoms. The number of carbonyl (C=O) groups is 2. The second kappa shape index (κ2) is 4.57. The molecule has 1 unspecified atom stereocenters. The number of phenols is 1. The number of ketones is 1. The molecule has 1 atom stereocenters. The first kappa shape index (κ1) is 11.6. The lowest BCUT2D eigenvalue weighted by Gasteiger charge is -2.21. The van der Waals surface area contributed by atoms with E-state index in [-0.39, 0.29) is 18.1 Å². The number of Topliss-reactive ketones (excluding diaryl/α,β-unsaturated/α-hetero) is 1. The molecule has 17 heavy (non-hydrogen) atoms. The van der Waals surface area contributed by atoms with Gasteiger partial charge in [-0.05, 0) is 43.5 Å². The van der Waals surface area contributed by atoms with Gasteiger partial charge in [0, 0.05) is 5.56 Å². The summed E-state index contributed by atoms with van der Waals surface area (Å²) in [5.41, 5.74) is 1.32. The molecule has 0 saturated heterocycles. The maximum Gasteiger partial charge on any atom is 0.316 e. The van der Waals surface area contributed by atoms with Crippen LogP contribution in [0.1, 0.15) is 29.3 Å². The molecule has 1 aliphatic carbocycles. The predicted octanol–water partition coefficient (Wildman–Crippen LogP) is 1.70. The molecule has 1 aromatic carbocycles. The topological polar surface area (TPSA) is 63.6 Å². The van der Waals surface area contributed by atoms with E-state index in [1.807, 2.05) is 0 Å². The van der Waals surface area contributed by atoms with Gasteiger partial charge in [0.1, 0.15) is 11.7 Å². The average molecular weight is 234 g/mol. The van der Waals surface area contributed by atoms with Crippen LogP contribution in [0.5, 0.6) is 5.75 Å². The maximum atomic E-state index is 12.1. The summed E-state index contributed by atoms with van der Waals surface area (Å²) in [6, 6.07) is 4.61. The van der Waals surface area contributed by atoms with Gasteiger partial charge < -0.3 is 9.84 Å². The number of esters is 1. The Bertz CT molecular complexity index is 464. The van der Waals surface area contributed by atoms with Crippen molar-refractivity contribution in [2.24, 2.45) is 5.92 Å². The minimum absolute atomic E-state index is 0.145. The second-order valence-corrected chi connectivity index (χ2v) is 4.05. The van der Waals surface area contributed by atoms with E-state index in [0.717, 1.165) is 5.56 Å². The van der Waals surface area contributed by atoms with E-state index < -0.39 is 11.9 Å².